The lowest BCUT2D eigenvalue weighted by Crippen LogP contribution is -2.36. The van der Waals surface area contributed by atoms with E-state index in [2.05, 4.69) is 32.0 Å². The highest BCUT2D eigenvalue weighted by molar-refractivity contribution is 5.86. The molecule has 0 bridgehead atoms. The predicted molar refractivity (Wildman–Crippen MR) is 153 cm³/mol. The lowest BCUT2D eigenvalue weighted by molar-refractivity contribution is -0.151. The number of oxime groups is 1. The number of carbonyl (C=O) groups excluding carboxylic acids is 2. The third-order valence-corrected chi connectivity index (χ3v) is 7.75. The van der Waals surface area contributed by atoms with Crippen LogP contribution in [0.2, 0.25) is 0 Å². The molecule has 2 aliphatic rings. The van der Waals surface area contributed by atoms with E-state index in [4.69, 9.17) is 19.0 Å². The van der Waals surface area contributed by atoms with Crippen molar-refractivity contribution in [2.45, 2.75) is 111 Å². The van der Waals surface area contributed by atoms with Crippen LogP contribution in [0.15, 0.2) is 41.1 Å². The largest absolute Gasteiger partial charge is 0.458 e. The van der Waals surface area contributed by atoms with E-state index in [0.29, 0.717) is 0 Å². The predicted octanol–water partition coefficient (Wildman–Crippen LogP) is 4.52. The van der Waals surface area contributed by atoms with Crippen molar-refractivity contribution in [3.8, 4) is 0 Å². The second kappa shape index (κ2) is 16.1. The molecule has 2 aliphatic heterocycles. The summed E-state index contributed by atoms with van der Waals surface area (Å²) in [6.07, 6.45) is 8.11. The van der Waals surface area contributed by atoms with Gasteiger partial charge in [0.1, 0.15) is 19.3 Å². The van der Waals surface area contributed by atoms with Crippen molar-refractivity contribution < 1.29 is 38.9 Å². The molecule has 9 heteroatoms. The first-order chi connectivity index (χ1) is 18.9. The zero-order valence-electron chi connectivity index (χ0n) is 25.3. The van der Waals surface area contributed by atoms with Gasteiger partial charge in [-0.2, -0.15) is 0 Å². The molecule has 0 aromatic carbocycles. The van der Waals surface area contributed by atoms with E-state index in [-0.39, 0.29) is 42.8 Å². The Hall–Kier alpha value is -2.49. The number of cyclic esters (lactones) is 1. The molecule has 10 atom stereocenters. The molecule has 2 rings (SSSR count). The van der Waals surface area contributed by atoms with Gasteiger partial charge in [-0.15, -0.1) is 0 Å². The minimum atomic E-state index is -1.07. The normalized spacial score (nSPS) is 34.7. The molecule has 0 radical (unpaired) electrons. The van der Waals surface area contributed by atoms with Gasteiger partial charge in [-0.3, -0.25) is 9.59 Å². The third-order valence-electron chi connectivity index (χ3n) is 7.75. The summed E-state index contributed by atoms with van der Waals surface area (Å²) in [5, 5.41) is 25.0. The summed E-state index contributed by atoms with van der Waals surface area (Å²) in [6.45, 7) is 13.2. The molecule has 1 fully saturated rings. The van der Waals surface area contributed by atoms with Crippen LogP contribution in [0.1, 0.15) is 74.1 Å². The summed E-state index contributed by atoms with van der Waals surface area (Å²) >= 11 is 0. The molecular weight excluding hydrogens is 514 g/mol. The topological polar surface area (TPSA) is 127 Å². The number of rotatable bonds is 10. The first-order valence-corrected chi connectivity index (χ1v) is 14.4. The SMILES string of the molecule is CCC(=NOC)C(C)C1OC1CC(C)/C=C/C=C(\C)C1OC(=O)CC(O)CC(O)C(C)C(OC(C)=O)/C=C\C1C. The average molecular weight is 564 g/mol. The fraction of sp³-hybridized carbons (Fsp3) is 0.710. The molecule has 9 nitrogen and oxygen atoms in total. The molecule has 0 spiro atoms. The molecule has 10 unspecified atom stereocenters. The van der Waals surface area contributed by atoms with E-state index in [0.717, 1.165) is 24.1 Å². The van der Waals surface area contributed by atoms with E-state index in [9.17, 15) is 19.8 Å². The number of esters is 2. The summed E-state index contributed by atoms with van der Waals surface area (Å²) in [6, 6.07) is 0. The smallest absolute Gasteiger partial charge is 0.309 e. The summed E-state index contributed by atoms with van der Waals surface area (Å²) in [7, 11) is 1.56. The summed E-state index contributed by atoms with van der Waals surface area (Å²) < 4.78 is 17.2. The van der Waals surface area contributed by atoms with Crippen molar-refractivity contribution in [2.24, 2.45) is 28.8 Å². The van der Waals surface area contributed by atoms with E-state index < -0.39 is 42.3 Å². The molecule has 0 aliphatic carbocycles. The van der Waals surface area contributed by atoms with Gasteiger partial charge in [0.2, 0.25) is 0 Å². The first kappa shape index (κ1) is 33.7. The van der Waals surface area contributed by atoms with Gasteiger partial charge in [-0.25, -0.2) is 0 Å². The molecule has 1 saturated heterocycles. The number of aliphatic hydroxyl groups is 2. The third kappa shape index (κ3) is 10.5. The molecule has 0 saturated carbocycles. The number of ether oxygens (including phenoxy) is 3. The highest BCUT2D eigenvalue weighted by Gasteiger charge is 2.44. The Kier molecular flexibility index (Phi) is 13.6. The summed E-state index contributed by atoms with van der Waals surface area (Å²) in [5.41, 5.74) is 1.85. The number of hydrogen-bond donors (Lipinski definition) is 2. The highest BCUT2D eigenvalue weighted by Crippen LogP contribution is 2.35. The number of aliphatic hydroxyl groups excluding tert-OH is 2. The molecular formula is C31H49NO8. The van der Waals surface area contributed by atoms with Gasteiger partial charge in [0.25, 0.3) is 0 Å². The first-order valence-electron chi connectivity index (χ1n) is 14.4. The van der Waals surface area contributed by atoms with Gasteiger partial charge in [-0.1, -0.05) is 64.1 Å². The average Bonchev–Trinajstić information content (AvgIpc) is 3.64. The van der Waals surface area contributed by atoms with Crippen LogP contribution < -0.4 is 0 Å². The summed E-state index contributed by atoms with van der Waals surface area (Å²) in [4.78, 5) is 29.3. The van der Waals surface area contributed by atoms with Gasteiger partial charge in [0.05, 0.1) is 36.5 Å². The lowest BCUT2D eigenvalue weighted by atomic mass is 9.90. The van der Waals surface area contributed by atoms with Crippen LogP contribution in [0.25, 0.3) is 0 Å². The fourth-order valence-electron chi connectivity index (χ4n) is 5.19. The Labute approximate surface area is 239 Å². The second-order valence-electron chi connectivity index (χ2n) is 11.3. The lowest BCUT2D eigenvalue weighted by Gasteiger charge is -2.29. The van der Waals surface area contributed by atoms with Crippen molar-refractivity contribution >= 4 is 17.7 Å². The maximum absolute atomic E-state index is 12.6. The standard InChI is InChI=1S/C31H49NO8/c1-9-25(32-37-8)21(5)31-28(39-31)15-18(2)11-10-12-19(3)30-20(4)13-14-27(38-23(7)33)22(6)26(35)16-24(34)17-29(36)40-30/h10-14,18,20-22,24,26-28,30-31,34-35H,9,15-17H2,1-8H3/b11-10+,14-13-,19-12+,32-25?. The zero-order chi connectivity index (χ0) is 30.0. The monoisotopic (exact) mass is 563 g/mol. The fourth-order valence-corrected chi connectivity index (χ4v) is 5.19. The maximum Gasteiger partial charge on any atom is 0.309 e. The number of carbonyl (C=O) groups is 2. The Morgan fingerprint density at radius 2 is 1.93 bits per heavy atom. The minimum absolute atomic E-state index is 0.0270. The van der Waals surface area contributed by atoms with Crippen molar-refractivity contribution in [1.29, 1.82) is 0 Å². The van der Waals surface area contributed by atoms with Crippen LogP contribution in [-0.4, -0.2) is 71.6 Å². The Bertz CT molecular complexity index is 957. The minimum Gasteiger partial charge on any atom is -0.458 e. The summed E-state index contributed by atoms with van der Waals surface area (Å²) in [5.74, 6) is -1.21. The van der Waals surface area contributed by atoms with Crippen molar-refractivity contribution in [1.82, 2.24) is 0 Å². The van der Waals surface area contributed by atoms with E-state index in [1.54, 1.807) is 20.1 Å². The molecule has 2 heterocycles. The number of nitrogens with zero attached hydrogens (tertiary/aromatic N) is 1. The van der Waals surface area contributed by atoms with E-state index in [1.807, 2.05) is 32.1 Å². The van der Waals surface area contributed by atoms with Crippen LogP contribution >= 0.6 is 0 Å². The number of epoxide rings is 1. The van der Waals surface area contributed by atoms with E-state index in [1.165, 1.54) is 6.92 Å². The van der Waals surface area contributed by atoms with Crippen molar-refractivity contribution in [2.75, 3.05) is 7.11 Å². The van der Waals surface area contributed by atoms with Crippen LogP contribution in [0.5, 0.6) is 0 Å². The highest BCUT2D eigenvalue weighted by atomic mass is 16.6. The van der Waals surface area contributed by atoms with Gasteiger partial charge in [0, 0.05) is 31.1 Å². The molecule has 0 aromatic rings. The van der Waals surface area contributed by atoms with Crippen molar-refractivity contribution in [3.63, 3.8) is 0 Å². The van der Waals surface area contributed by atoms with Crippen LogP contribution in [0.3, 0.4) is 0 Å². The quantitative estimate of drug-likeness (QED) is 0.0992. The second-order valence-corrected chi connectivity index (χ2v) is 11.3. The number of hydrogen-bond acceptors (Lipinski definition) is 9. The zero-order valence-corrected chi connectivity index (χ0v) is 25.3. The van der Waals surface area contributed by atoms with E-state index >= 15 is 0 Å². The van der Waals surface area contributed by atoms with Gasteiger partial charge < -0.3 is 29.3 Å². The Balaban J connectivity index is 2.11. The van der Waals surface area contributed by atoms with Gasteiger partial charge >= 0.3 is 11.9 Å². The van der Waals surface area contributed by atoms with Gasteiger partial charge in [-0.05, 0) is 37.3 Å². The molecule has 0 amide bonds. The number of allylic oxidation sites excluding steroid dienone is 3. The van der Waals surface area contributed by atoms with Crippen LogP contribution in [0.4, 0.5) is 0 Å². The van der Waals surface area contributed by atoms with Crippen LogP contribution in [0, 0.1) is 23.7 Å². The van der Waals surface area contributed by atoms with Gasteiger partial charge in [0.15, 0.2) is 0 Å². The molecule has 226 valence electrons. The maximum atomic E-state index is 12.6. The van der Waals surface area contributed by atoms with Crippen LogP contribution in [-0.2, 0) is 28.6 Å². The molecule has 0 aromatic heterocycles. The molecule has 2 N–H and O–H groups in total. The molecule has 40 heavy (non-hydrogen) atoms. The van der Waals surface area contributed by atoms with Crippen molar-refractivity contribution in [3.05, 3.63) is 36.0 Å². The Morgan fingerprint density at radius 3 is 2.55 bits per heavy atom. The Morgan fingerprint density at radius 1 is 1.23 bits per heavy atom.